The van der Waals surface area contributed by atoms with Crippen LogP contribution in [0.3, 0.4) is 0 Å². The normalized spacial score (nSPS) is 25.9. The molecule has 3 atom stereocenters. The first kappa shape index (κ1) is 13.5. The van der Waals surface area contributed by atoms with Gasteiger partial charge in [-0.2, -0.15) is 0 Å². The van der Waals surface area contributed by atoms with Crippen molar-refractivity contribution in [2.45, 2.75) is 38.0 Å². The summed E-state index contributed by atoms with van der Waals surface area (Å²) in [7, 11) is 0. The Morgan fingerprint density at radius 1 is 1.44 bits per heavy atom. The number of rotatable bonds is 4. The molecule has 1 fully saturated rings. The van der Waals surface area contributed by atoms with E-state index in [1.165, 1.54) is 12.1 Å². The van der Waals surface area contributed by atoms with E-state index in [1.54, 1.807) is 12.1 Å². The van der Waals surface area contributed by atoms with Gasteiger partial charge in [0.1, 0.15) is 5.82 Å². The van der Waals surface area contributed by atoms with Gasteiger partial charge in [-0.25, -0.2) is 4.39 Å². The number of hydrogen-bond acceptors (Lipinski definition) is 3. The Labute approximate surface area is 107 Å². The van der Waals surface area contributed by atoms with Crippen molar-refractivity contribution in [3.8, 4) is 0 Å². The second-order valence-corrected chi connectivity index (χ2v) is 4.88. The fraction of sp³-hybridized carbons (Fsp3) is 0.571. The van der Waals surface area contributed by atoms with Crippen LogP contribution in [0, 0.1) is 5.82 Å². The van der Waals surface area contributed by atoms with Gasteiger partial charge in [-0.3, -0.25) is 0 Å². The van der Waals surface area contributed by atoms with E-state index in [9.17, 15) is 9.50 Å². The topological polar surface area (TPSA) is 41.5 Å². The van der Waals surface area contributed by atoms with Crippen molar-refractivity contribution in [3.05, 3.63) is 35.6 Å². The monoisotopic (exact) mass is 253 g/mol. The number of ether oxygens (including phenoxy) is 1. The van der Waals surface area contributed by atoms with Crippen LogP contribution in [0.1, 0.15) is 31.4 Å². The lowest BCUT2D eigenvalue weighted by atomic mass is 10.0. The van der Waals surface area contributed by atoms with Gasteiger partial charge >= 0.3 is 0 Å². The summed E-state index contributed by atoms with van der Waals surface area (Å²) in [4.78, 5) is 0. The molecule has 0 saturated carbocycles. The lowest BCUT2D eigenvalue weighted by molar-refractivity contribution is 0.0109. The van der Waals surface area contributed by atoms with Gasteiger partial charge in [0.15, 0.2) is 0 Å². The Morgan fingerprint density at radius 2 is 2.17 bits per heavy atom. The first-order valence-corrected chi connectivity index (χ1v) is 6.43. The average Bonchev–Trinajstić information content (AvgIpc) is 2.37. The van der Waals surface area contributed by atoms with Gasteiger partial charge in [0.05, 0.1) is 12.2 Å². The van der Waals surface area contributed by atoms with Gasteiger partial charge in [0.25, 0.3) is 0 Å². The van der Waals surface area contributed by atoms with Crippen LogP contribution in [-0.4, -0.2) is 30.4 Å². The maximum atomic E-state index is 12.8. The highest BCUT2D eigenvalue weighted by Gasteiger charge is 2.19. The van der Waals surface area contributed by atoms with E-state index in [1.807, 2.05) is 0 Å². The Balaban J connectivity index is 1.80. The van der Waals surface area contributed by atoms with Gasteiger partial charge in [0.2, 0.25) is 0 Å². The zero-order valence-corrected chi connectivity index (χ0v) is 10.6. The molecule has 100 valence electrons. The van der Waals surface area contributed by atoms with Crippen molar-refractivity contribution in [2.75, 3.05) is 13.2 Å². The van der Waals surface area contributed by atoms with Crippen molar-refractivity contribution in [1.82, 2.24) is 5.32 Å². The van der Waals surface area contributed by atoms with Gasteiger partial charge in [-0.15, -0.1) is 0 Å². The molecule has 0 aromatic heterocycles. The van der Waals surface area contributed by atoms with E-state index in [0.29, 0.717) is 12.6 Å². The fourth-order valence-corrected chi connectivity index (χ4v) is 2.26. The summed E-state index contributed by atoms with van der Waals surface area (Å²) >= 11 is 0. The van der Waals surface area contributed by atoms with Gasteiger partial charge < -0.3 is 15.2 Å². The molecule has 2 rings (SSSR count). The average molecular weight is 253 g/mol. The minimum absolute atomic E-state index is 0.277. The van der Waals surface area contributed by atoms with E-state index in [4.69, 9.17) is 4.74 Å². The number of aliphatic hydroxyl groups is 1. The van der Waals surface area contributed by atoms with Crippen molar-refractivity contribution in [1.29, 1.82) is 0 Å². The van der Waals surface area contributed by atoms with Crippen LogP contribution in [0.15, 0.2) is 24.3 Å². The van der Waals surface area contributed by atoms with Crippen LogP contribution < -0.4 is 5.32 Å². The number of benzene rings is 1. The maximum absolute atomic E-state index is 12.8. The molecule has 18 heavy (non-hydrogen) atoms. The Hall–Kier alpha value is -0.970. The van der Waals surface area contributed by atoms with Gasteiger partial charge in [0, 0.05) is 19.2 Å². The van der Waals surface area contributed by atoms with Crippen LogP contribution in [-0.2, 0) is 4.74 Å². The van der Waals surface area contributed by atoms with Gasteiger partial charge in [-0.05, 0) is 37.5 Å². The summed E-state index contributed by atoms with van der Waals surface area (Å²) in [5.41, 5.74) is 0.740. The molecule has 1 aliphatic heterocycles. The third-order valence-corrected chi connectivity index (χ3v) is 3.34. The summed E-state index contributed by atoms with van der Waals surface area (Å²) in [6.45, 7) is 3.32. The molecule has 1 aromatic carbocycles. The molecular formula is C14H20FNO2. The summed E-state index contributed by atoms with van der Waals surface area (Å²) in [6, 6.07) is 6.37. The quantitative estimate of drug-likeness (QED) is 0.862. The molecule has 1 heterocycles. The molecule has 0 amide bonds. The Kier molecular flexibility index (Phi) is 4.69. The van der Waals surface area contributed by atoms with Crippen LogP contribution in [0.5, 0.6) is 0 Å². The van der Waals surface area contributed by atoms with E-state index < -0.39 is 6.10 Å². The molecule has 0 aliphatic carbocycles. The number of halogens is 1. The van der Waals surface area contributed by atoms with Crippen LogP contribution in [0.25, 0.3) is 0 Å². The molecule has 0 radical (unpaired) electrons. The lowest BCUT2D eigenvalue weighted by Crippen LogP contribution is -2.39. The smallest absolute Gasteiger partial charge is 0.123 e. The molecule has 1 aliphatic rings. The van der Waals surface area contributed by atoms with E-state index in [-0.39, 0.29) is 11.9 Å². The standard InChI is InChI=1S/C14H20FNO2/c1-10-8-13(6-7-18-10)16-9-14(17)11-2-4-12(15)5-3-11/h2-5,10,13-14,16-17H,6-9H2,1H3. The zero-order chi connectivity index (χ0) is 13.0. The second-order valence-electron chi connectivity index (χ2n) is 4.88. The molecule has 0 bridgehead atoms. The third-order valence-electron chi connectivity index (χ3n) is 3.34. The summed E-state index contributed by atoms with van der Waals surface area (Å²) in [5, 5.41) is 13.3. The Morgan fingerprint density at radius 3 is 2.83 bits per heavy atom. The number of aliphatic hydroxyl groups excluding tert-OH is 1. The van der Waals surface area contributed by atoms with E-state index in [2.05, 4.69) is 12.2 Å². The Bertz CT molecular complexity index is 369. The highest BCUT2D eigenvalue weighted by molar-refractivity contribution is 5.18. The van der Waals surface area contributed by atoms with Crippen molar-refractivity contribution in [3.63, 3.8) is 0 Å². The van der Waals surface area contributed by atoms with E-state index in [0.717, 1.165) is 25.0 Å². The highest BCUT2D eigenvalue weighted by atomic mass is 19.1. The highest BCUT2D eigenvalue weighted by Crippen LogP contribution is 2.16. The number of nitrogens with one attached hydrogen (secondary N) is 1. The van der Waals surface area contributed by atoms with Gasteiger partial charge in [-0.1, -0.05) is 12.1 Å². The molecule has 2 N–H and O–H groups in total. The molecule has 0 spiro atoms. The van der Waals surface area contributed by atoms with Crippen LogP contribution >= 0.6 is 0 Å². The second kappa shape index (κ2) is 6.27. The molecule has 3 nitrogen and oxygen atoms in total. The number of hydrogen-bond donors (Lipinski definition) is 2. The predicted octanol–water partition coefficient (Wildman–Crippen LogP) is 2.02. The van der Waals surface area contributed by atoms with Crippen LogP contribution in [0.4, 0.5) is 4.39 Å². The molecule has 4 heteroatoms. The SMILES string of the molecule is CC1CC(NCC(O)c2ccc(F)cc2)CCO1. The van der Waals surface area contributed by atoms with E-state index >= 15 is 0 Å². The first-order chi connectivity index (χ1) is 8.65. The zero-order valence-electron chi connectivity index (χ0n) is 10.6. The summed E-state index contributed by atoms with van der Waals surface area (Å²) in [5.74, 6) is -0.280. The third kappa shape index (κ3) is 3.77. The predicted molar refractivity (Wildman–Crippen MR) is 67.8 cm³/mol. The van der Waals surface area contributed by atoms with Crippen LogP contribution in [0.2, 0.25) is 0 Å². The first-order valence-electron chi connectivity index (χ1n) is 6.43. The molecular weight excluding hydrogens is 233 g/mol. The van der Waals surface area contributed by atoms with Crippen molar-refractivity contribution < 1.29 is 14.2 Å². The summed E-state index contributed by atoms with van der Waals surface area (Å²) < 4.78 is 18.2. The van der Waals surface area contributed by atoms with Crippen molar-refractivity contribution >= 4 is 0 Å². The molecule has 1 aromatic rings. The molecule has 1 saturated heterocycles. The lowest BCUT2D eigenvalue weighted by Gasteiger charge is -2.28. The largest absolute Gasteiger partial charge is 0.387 e. The fourth-order valence-electron chi connectivity index (χ4n) is 2.26. The van der Waals surface area contributed by atoms with Crippen molar-refractivity contribution in [2.24, 2.45) is 0 Å². The maximum Gasteiger partial charge on any atom is 0.123 e. The summed E-state index contributed by atoms with van der Waals surface area (Å²) in [6.07, 6.45) is 1.62. The molecule has 3 unspecified atom stereocenters. The minimum Gasteiger partial charge on any atom is -0.387 e. The minimum atomic E-state index is -0.594.